The summed E-state index contributed by atoms with van der Waals surface area (Å²) in [5.41, 5.74) is 1.22. The van der Waals surface area contributed by atoms with Gasteiger partial charge >= 0.3 is 0 Å². The molecule has 2 aromatic rings. The summed E-state index contributed by atoms with van der Waals surface area (Å²) in [6, 6.07) is 22.6. The summed E-state index contributed by atoms with van der Waals surface area (Å²) in [6.45, 7) is 10.0. The first-order valence-corrected chi connectivity index (χ1v) is 13.0. The number of rotatable bonds is 7. The van der Waals surface area contributed by atoms with E-state index in [0.717, 1.165) is 6.42 Å². The zero-order chi connectivity index (χ0) is 18.6. The van der Waals surface area contributed by atoms with Gasteiger partial charge in [-0.15, -0.1) is 0 Å². The van der Waals surface area contributed by atoms with E-state index in [1.165, 1.54) is 16.8 Å². The summed E-state index contributed by atoms with van der Waals surface area (Å²) in [5, 5.41) is 1.52. The van der Waals surface area contributed by atoms with Gasteiger partial charge < -0.3 is 9.47 Å². The van der Waals surface area contributed by atoms with Gasteiger partial charge in [0.05, 0.1) is 33.0 Å². The zero-order valence-electron chi connectivity index (χ0n) is 16.5. The van der Waals surface area contributed by atoms with Crippen LogP contribution in [-0.2, 0) is 16.1 Å². The molecule has 0 N–H and O–H groups in total. The van der Waals surface area contributed by atoms with Crippen molar-refractivity contribution in [3.05, 3.63) is 66.2 Å². The van der Waals surface area contributed by atoms with Crippen LogP contribution >= 0.6 is 0 Å². The highest BCUT2D eigenvalue weighted by atomic mass is 28.3. The van der Waals surface area contributed by atoms with E-state index in [9.17, 15) is 0 Å². The van der Waals surface area contributed by atoms with Crippen molar-refractivity contribution in [1.29, 1.82) is 0 Å². The zero-order valence-corrected chi connectivity index (χ0v) is 17.5. The van der Waals surface area contributed by atoms with Crippen LogP contribution in [0.5, 0.6) is 0 Å². The molecule has 1 aliphatic rings. The molecular weight excluding hydrogens is 336 g/mol. The van der Waals surface area contributed by atoms with Crippen molar-refractivity contribution in [3.8, 4) is 0 Å². The van der Waals surface area contributed by atoms with Crippen molar-refractivity contribution in [1.82, 2.24) is 0 Å². The Morgan fingerprint density at radius 1 is 1.04 bits per heavy atom. The molecule has 0 amide bonds. The average Bonchev–Trinajstić information content (AvgIpc) is 3.01. The maximum atomic E-state index is 6.49. The fourth-order valence-corrected chi connectivity index (χ4v) is 6.87. The molecule has 0 bridgehead atoms. The lowest BCUT2D eigenvalue weighted by Gasteiger charge is -2.27. The van der Waals surface area contributed by atoms with Crippen LogP contribution < -0.4 is 5.19 Å². The van der Waals surface area contributed by atoms with Gasteiger partial charge in [-0.1, -0.05) is 85.9 Å². The molecule has 2 aromatic carbocycles. The fourth-order valence-electron chi connectivity index (χ4n) is 4.14. The fraction of sp³-hybridized carbons (Fsp3) is 0.478. The Bertz CT molecular complexity index is 671. The molecule has 0 saturated carbocycles. The van der Waals surface area contributed by atoms with Crippen molar-refractivity contribution in [2.45, 2.75) is 64.3 Å². The van der Waals surface area contributed by atoms with Gasteiger partial charge in [0.15, 0.2) is 0 Å². The van der Waals surface area contributed by atoms with Crippen LogP contribution in [0.15, 0.2) is 60.7 Å². The van der Waals surface area contributed by atoms with Crippen LogP contribution in [0.1, 0.15) is 25.8 Å². The summed E-state index contributed by atoms with van der Waals surface area (Å²) in [4.78, 5) is 0. The molecule has 0 aliphatic carbocycles. The number of benzene rings is 2. The number of ether oxygens (including phenoxy) is 2. The minimum atomic E-state index is -1.48. The largest absolute Gasteiger partial charge is 0.372 e. The van der Waals surface area contributed by atoms with E-state index in [-0.39, 0.29) is 12.2 Å². The third-order valence-corrected chi connectivity index (χ3v) is 9.03. The lowest BCUT2D eigenvalue weighted by atomic mass is 9.99. The van der Waals surface area contributed by atoms with E-state index in [0.29, 0.717) is 18.6 Å². The minimum absolute atomic E-state index is 0.122. The van der Waals surface area contributed by atoms with Crippen molar-refractivity contribution < 1.29 is 9.47 Å². The van der Waals surface area contributed by atoms with Gasteiger partial charge in [0.2, 0.25) is 0 Å². The van der Waals surface area contributed by atoms with Gasteiger partial charge in [-0.05, 0) is 30.9 Å². The molecular formula is C23H32O2Si. The number of hydrogen-bond donors (Lipinski definition) is 0. The third kappa shape index (κ3) is 4.85. The summed E-state index contributed by atoms with van der Waals surface area (Å²) >= 11 is 0. The molecule has 3 heteroatoms. The topological polar surface area (TPSA) is 18.5 Å². The predicted molar refractivity (Wildman–Crippen MR) is 112 cm³/mol. The van der Waals surface area contributed by atoms with Crippen LogP contribution in [0.2, 0.25) is 19.1 Å². The van der Waals surface area contributed by atoms with Crippen molar-refractivity contribution in [3.63, 3.8) is 0 Å². The Morgan fingerprint density at radius 3 is 2.31 bits per heavy atom. The molecule has 2 nitrogen and oxygen atoms in total. The molecule has 0 aromatic heterocycles. The summed E-state index contributed by atoms with van der Waals surface area (Å²) in [5.74, 6) is 0.548. The minimum Gasteiger partial charge on any atom is -0.372 e. The van der Waals surface area contributed by atoms with Crippen LogP contribution in [0.4, 0.5) is 0 Å². The van der Waals surface area contributed by atoms with Crippen molar-refractivity contribution in [2.24, 2.45) is 5.92 Å². The standard InChI is InChI=1S/C23H32O2Si/c1-18-15-21(17-26(3,4)22-13-9-6-10-14-22)25-23(18)19(2)24-16-20-11-7-5-8-12-20/h5-14,18-19,21,23H,15-17H2,1-4H3/t18-,19?,21+,23-/m1/s1. The van der Waals surface area contributed by atoms with E-state index in [1.807, 2.05) is 6.07 Å². The Balaban J connectivity index is 1.55. The molecule has 1 fully saturated rings. The van der Waals surface area contributed by atoms with E-state index in [4.69, 9.17) is 9.47 Å². The first kappa shape index (κ1) is 19.3. The van der Waals surface area contributed by atoms with Gasteiger partial charge in [0.25, 0.3) is 0 Å². The second-order valence-electron chi connectivity index (χ2n) is 8.39. The summed E-state index contributed by atoms with van der Waals surface area (Å²) in [7, 11) is -1.48. The molecule has 0 radical (unpaired) electrons. The monoisotopic (exact) mass is 368 g/mol. The molecule has 1 unspecified atom stereocenters. The highest BCUT2D eigenvalue weighted by Gasteiger charge is 2.39. The second-order valence-corrected chi connectivity index (χ2v) is 13.1. The van der Waals surface area contributed by atoms with Crippen molar-refractivity contribution >= 4 is 13.3 Å². The molecule has 26 heavy (non-hydrogen) atoms. The van der Waals surface area contributed by atoms with Crippen LogP contribution in [-0.4, -0.2) is 26.4 Å². The maximum absolute atomic E-state index is 6.49. The number of hydrogen-bond acceptors (Lipinski definition) is 2. The van der Waals surface area contributed by atoms with Gasteiger partial charge in [-0.2, -0.15) is 0 Å². The van der Waals surface area contributed by atoms with E-state index in [1.54, 1.807) is 0 Å². The van der Waals surface area contributed by atoms with Gasteiger partial charge in [-0.3, -0.25) is 0 Å². The van der Waals surface area contributed by atoms with Gasteiger partial charge in [0.1, 0.15) is 0 Å². The highest BCUT2D eigenvalue weighted by Crippen LogP contribution is 2.34. The van der Waals surface area contributed by atoms with Crippen molar-refractivity contribution in [2.75, 3.05) is 0 Å². The van der Waals surface area contributed by atoms with Gasteiger partial charge in [-0.25, -0.2) is 0 Å². The van der Waals surface area contributed by atoms with E-state index >= 15 is 0 Å². The lowest BCUT2D eigenvalue weighted by molar-refractivity contribution is -0.0729. The molecule has 140 valence electrons. The second kappa shape index (κ2) is 8.51. The van der Waals surface area contributed by atoms with E-state index in [2.05, 4.69) is 81.5 Å². The Morgan fingerprint density at radius 2 is 1.65 bits per heavy atom. The highest BCUT2D eigenvalue weighted by molar-refractivity contribution is 6.89. The molecule has 0 spiro atoms. The van der Waals surface area contributed by atoms with Crippen LogP contribution in [0.25, 0.3) is 0 Å². The normalized spacial score (nSPS) is 24.5. The third-order valence-electron chi connectivity index (χ3n) is 5.66. The quantitative estimate of drug-likeness (QED) is 0.640. The average molecular weight is 369 g/mol. The molecule has 4 atom stereocenters. The Hall–Kier alpha value is -1.42. The SMILES string of the molecule is CC(OCc1ccccc1)[C@@H]1O[C@H](C[Si](C)(C)c2ccccc2)C[C@H]1C. The summed E-state index contributed by atoms with van der Waals surface area (Å²) in [6.07, 6.45) is 1.83. The smallest absolute Gasteiger partial charge is 0.0864 e. The first-order chi connectivity index (χ1) is 12.5. The predicted octanol–water partition coefficient (Wildman–Crippen LogP) is 5.00. The van der Waals surface area contributed by atoms with Crippen LogP contribution in [0, 0.1) is 5.92 Å². The summed E-state index contributed by atoms with van der Waals surface area (Å²) < 4.78 is 12.6. The Labute approximate surface area is 159 Å². The van der Waals surface area contributed by atoms with Gasteiger partial charge in [0, 0.05) is 0 Å². The molecule has 3 rings (SSSR count). The first-order valence-electron chi connectivity index (χ1n) is 9.82. The molecule has 1 aliphatic heterocycles. The molecule has 1 heterocycles. The lowest BCUT2D eigenvalue weighted by Crippen LogP contribution is -2.44. The maximum Gasteiger partial charge on any atom is 0.0864 e. The Kier molecular flexibility index (Phi) is 6.33. The van der Waals surface area contributed by atoms with Crippen LogP contribution in [0.3, 0.4) is 0 Å². The van der Waals surface area contributed by atoms with E-state index < -0.39 is 8.07 Å². The molecule has 1 saturated heterocycles.